The van der Waals surface area contributed by atoms with Crippen molar-refractivity contribution in [3.05, 3.63) is 29.8 Å². The molecule has 0 fully saturated rings. The van der Waals surface area contributed by atoms with Crippen LogP contribution >= 0.6 is 0 Å². The van der Waals surface area contributed by atoms with E-state index in [0.717, 1.165) is 0 Å². The fourth-order valence-electron chi connectivity index (χ4n) is 1.91. The molecule has 0 bridgehead atoms. The number of ether oxygens (including phenoxy) is 2. The highest BCUT2D eigenvalue weighted by atomic mass is 19.3. The molecule has 0 atom stereocenters. The van der Waals surface area contributed by atoms with Gasteiger partial charge in [0.2, 0.25) is 0 Å². The molecule has 136 valence electrons. The molecule has 1 aromatic carbocycles. The number of aliphatic imine (C=N–C) groups is 1. The van der Waals surface area contributed by atoms with E-state index in [4.69, 9.17) is 4.74 Å². The first-order valence-corrected chi connectivity index (χ1v) is 8.15. The van der Waals surface area contributed by atoms with Crippen molar-refractivity contribution in [2.75, 3.05) is 26.3 Å². The summed E-state index contributed by atoms with van der Waals surface area (Å²) in [4.78, 5) is 4.40. The molecule has 1 rings (SSSR count). The molecule has 0 aliphatic carbocycles. The number of hydrogen-bond acceptors (Lipinski definition) is 3. The molecule has 0 saturated carbocycles. The van der Waals surface area contributed by atoms with Crippen LogP contribution in [-0.4, -0.2) is 38.9 Å². The summed E-state index contributed by atoms with van der Waals surface area (Å²) in [5.74, 6) is 1.25. The lowest BCUT2D eigenvalue weighted by Crippen LogP contribution is -2.39. The first kappa shape index (κ1) is 20.2. The van der Waals surface area contributed by atoms with E-state index >= 15 is 0 Å². The predicted octanol–water partition coefficient (Wildman–Crippen LogP) is 3.02. The Morgan fingerprint density at radius 2 is 1.96 bits per heavy atom. The fourth-order valence-corrected chi connectivity index (χ4v) is 1.91. The lowest BCUT2D eigenvalue weighted by atomic mass is 10.2. The molecule has 0 heterocycles. The van der Waals surface area contributed by atoms with Crippen molar-refractivity contribution in [3.8, 4) is 5.75 Å². The number of nitrogens with one attached hydrogen (secondary N) is 2. The molecule has 0 aromatic heterocycles. The van der Waals surface area contributed by atoms with Gasteiger partial charge in [-0.05, 0) is 18.9 Å². The number of benzene rings is 1. The lowest BCUT2D eigenvalue weighted by molar-refractivity contribution is -0.0504. The van der Waals surface area contributed by atoms with Crippen molar-refractivity contribution >= 4 is 5.96 Å². The summed E-state index contributed by atoms with van der Waals surface area (Å²) in [7, 11) is 0. The zero-order valence-corrected chi connectivity index (χ0v) is 14.5. The van der Waals surface area contributed by atoms with Crippen LogP contribution in [-0.2, 0) is 11.3 Å². The Kier molecular flexibility index (Phi) is 9.76. The molecule has 24 heavy (non-hydrogen) atoms. The van der Waals surface area contributed by atoms with Gasteiger partial charge in [0.15, 0.2) is 5.96 Å². The molecule has 0 aliphatic heterocycles. The normalized spacial score (nSPS) is 11.9. The van der Waals surface area contributed by atoms with Gasteiger partial charge < -0.3 is 20.1 Å². The summed E-state index contributed by atoms with van der Waals surface area (Å²) in [6.07, 6.45) is 0. The van der Waals surface area contributed by atoms with E-state index in [-0.39, 0.29) is 12.3 Å². The Morgan fingerprint density at radius 1 is 1.21 bits per heavy atom. The first-order valence-electron chi connectivity index (χ1n) is 8.15. The average Bonchev–Trinajstić information content (AvgIpc) is 2.52. The average molecular weight is 343 g/mol. The van der Waals surface area contributed by atoms with Gasteiger partial charge in [0, 0.05) is 25.3 Å². The number of para-hydroxylation sites is 1. The van der Waals surface area contributed by atoms with E-state index in [1.54, 1.807) is 18.2 Å². The minimum Gasteiger partial charge on any atom is -0.434 e. The molecule has 1 aromatic rings. The monoisotopic (exact) mass is 343 g/mol. The molecular formula is C17H27F2N3O2. The number of alkyl halides is 2. The maximum Gasteiger partial charge on any atom is 0.387 e. The molecular weight excluding hydrogens is 316 g/mol. The quantitative estimate of drug-likeness (QED) is 0.390. The van der Waals surface area contributed by atoms with Crippen LogP contribution in [0.1, 0.15) is 26.3 Å². The van der Waals surface area contributed by atoms with Gasteiger partial charge in [0.1, 0.15) is 5.75 Å². The van der Waals surface area contributed by atoms with E-state index in [2.05, 4.69) is 34.2 Å². The third kappa shape index (κ3) is 8.67. The Hall–Kier alpha value is -1.89. The van der Waals surface area contributed by atoms with Gasteiger partial charge in [-0.15, -0.1) is 0 Å². The van der Waals surface area contributed by atoms with Crippen molar-refractivity contribution in [1.82, 2.24) is 10.6 Å². The number of rotatable bonds is 10. The van der Waals surface area contributed by atoms with Crippen LogP contribution in [0.5, 0.6) is 5.75 Å². The van der Waals surface area contributed by atoms with Crippen molar-refractivity contribution in [2.24, 2.45) is 10.9 Å². The summed E-state index contributed by atoms with van der Waals surface area (Å²) in [6.45, 7) is 6.16. The van der Waals surface area contributed by atoms with Gasteiger partial charge in [0.25, 0.3) is 0 Å². The summed E-state index contributed by atoms with van der Waals surface area (Å²) < 4.78 is 34.8. The first-order chi connectivity index (χ1) is 11.5. The van der Waals surface area contributed by atoms with Crippen LogP contribution in [0.3, 0.4) is 0 Å². The smallest absolute Gasteiger partial charge is 0.387 e. The maximum absolute atomic E-state index is 12.4. The Balaban J connectivity index is 2.56. The zero-order valence-electron chi connectivity index (χ0n) is 14.5. The Bertz CT molecular complexity index is 496. The second-order valence-corrected chi connectivity index (χ2v) is 5.58. The van der Waals surface area contributed by atoms with E-state index in [1.165, 1.54) is 6.07 Å². The Morgan fingerprint density at radius 3 is 2.62 bits per heavy atom. The second kappa shape index (κ2) is 11.6. The van der Waals surface area contributed by atoms with E-state index in [0.29, 0.717) is 43.7 Å². The molecule has 0 unspecified atom stereocenters. The van der Waals surface area contributed by atoms with Crippen molar-refractivity contribution < 1.29 is 18.3 Å². The highest BCUT2D eigenvalue weighted by Gasteiger charge is 2.08. The molecule has 0 amide bonds. The molecule has 0 saturated heterocycles. The molecule has 5 nitrogen and oxygen atoms in total. The summed E-state index contributed by atoms with van der Waals surface area (Å²) in [6, 6.07) is 6.65. The molecule has 0 radical (unpaired) electrons. The van der Waals surface area contributed by atoms with Gasteiger partial charge in [0.05, 0.1) is 13.2 Å². The number of halogens is 2. The van der Waals surface area contributed by atoms with Gasteiger partial charge in [-0.3, -0.25) is 0 Å². The highest BCUT2D eigenvalue weighted by Crippen LogP contribution is 2.20. The minimum atomic E-state index is -2.85. The van der Waals surface area contributed by atoms with Gasteiger partial charge in [-0.2, -0.15) is 8.78 Å². The van der Waals surface area contributed by atoms with Crippen molar-refractivity contribution in [1.29, 1.82) is 0 Å². The van der Waals surface area contributed by atoms with E-state index in [1.807, 2.05) is 6.92 Å². The van der Waals surface area contributed by atoms with E-state index < -0.39 is 6.61 Å². The van der Waals surface area contributed by atoms with Crippen LogP contribution in [0, 0.1) is 5.92 Å². The second-order valence-electron chi connectivity index (χ2n) is 5.58. The van der Waals surface area contributed by atoms with Crippen LogP contribution in [0.15, 0.2) is 29.3 Å². The largest absolute Gasteiger partial charge is 0.434 e. The maximum atomic E-state index is 12.4. The van der Waals surface area contributed by atoms with Gasteiger partial charge in [-0.25, -0.2) is 4.99 Å². The molecule has 2 N–H and O–H groups in total. The van der Waals surface area contributed by atoms with Crippen molar-refractivity contribution in [2.45, 2.75) is 33.9 Å². The van der Waals surface area contributed by atoms with Gasteiger partial charge >= 0.3 is 6.61 Å². The van der Waals surface area contributed by atoms with Crippen LogP contribution in [0.2, 0.25) is 0 Å². The predicted molar refractivity (Wildman–Crippen MR) is 91.5 cm³/mol. The third-order valence-corrected chi connectivity index (χ3v) is 2.93. The van der Waals surface area contributed by atoms with Crippen LogP contribution in [0.4, 0.5) is 8.78 Å². The fraction of sp³-hybridized carbons (Fsp3) is 0.588. The van der Waals surface area contributed by atoms with Gasteiger partial charge in [-0.1, -0.05) is 32.0 Å². The molecule has 0 aliphatic rings. The SMILES string of the molecule is CCNC(=NCc1ccccc1OC(F)F)NCCOCC(C)C. The summed E-state index contributed by atoms with van der Waals surface area (Å²) in [5.41, 5.74) is 0.603. The number of guanidine groups is 1. The van der Waals surface area contributed by atoms with Crippen LogP contribution < -0.4 is 15.4 Å². The minimum absolute atomic E-state index is 0.146. The van der Waals surface area contributed by atoms with E-state index in [9.17, 15) is 8.78 Å². The zero-order chi connectivity index (χ0) is 17.8. The van der Waals surface area contributed by atoms with Crippen LogP contribution in [0.25, 0.3) is 0 Å². The summed E-state index contributed by atoms with van der Waals surface area (Å²) in [5, 5.41) is 6.26. The number of nitrogens with zero attached hydrogens (tertiary/aromatic N) is 1. The topological polar surface area (TPSA) is 54.9 Å². The standard InChI is InChI=1S/C17H27F2N3O2/c1-4-20-17(21-9-10-23-12-13(2)3)22-11-14-7-5-6-8-15(14)24-16(18)19/h5-8,13,16H,4,9-12H2,1-3H3,(H2,20,21,22). The molecule has 0 spiro atoms. The van der Waals surface area contributed by atoms with Crippen molar-refractivity contribution in [3.63, 3.8) is 0 Å². The third-order valence-electron chi connectivity index (χ3n) is 2.93. The highest BCUT2D eigenvalue weighted by molar-refractivity contribution is 5.79. The molecule has 7 heteroatoms. The summed E-state index contributed by atoms with van der Waals surface area (Å²) >= 11 is 0. The lowest BCUT2D eigenvalue weighted by Gasteiger charge is -2.13. The Labute approximate surface area is 142 Å². The number of hydrogen-bond donors (Lipinski definition) is 2.